The number of likely N-dealkylation sites (N-methyl/N-ethyl adjacent to an activating group) is 1. The molecule has 4 heteroatoms. The summed E-state index contributed by atoms with van der Waals surface area (Å²) in [5.41, 5.74) is -0.607. The molecule has 3 unspecified atom stereocenters. The van der Waals surface area contributed by atoms with Gasteiger partial charge in [-0.25, -0.2) is 0 Å². The molecule has 0 saturated heterocycles. The van der Waals surface area contributed by atoms with Crippen molar-refractivity contribution in [3.05, 3.63) is 0 Å². The van der Waals surface area contributed by atoms with Gasteiger partial charge in [0.1, 0.15) is 5.54 Å². The van der Waals surface area contributed by atoms with E-state index in [2.05, 4.69) is 38.0 Å². The highest BCUT2D eigenvalue weighted by Crippen LogP contribution is 2.19. The lowest BCUT2D eigenvalue weighted by atomic mass is 9.92. The second-order valence-electron chi connectivity index (χ2n) is 5.33. The van der Waals surface area contributed by atoms with Crippen molar-refractivity contribution in [1.82, 2.24) is 10.2 Å². The topological polar surface area (TPSA) is 41.6 Å². The summed E-state index contributed by atoms with van der Waals surface area (Å²) in [5.74, 6) is -0.186. The van der Waals surface area contributed by atoms with E-state index in [1.165, 1.54) is 7.11 Å². The predicted molar refractivity (Wildman–Crippen MR) is 75.7 cm³/mol. The van der Waals surface area contributed by atoms with Gasteiger partial charge in [-0.05, 0) is 47.2 Å². The maximum atomic E-state index is 11.9. The summed E-state index contributed by atoms with van der Waals surface area (Å²) < 4.78 is 4.92. The molecule has 0 rings (SSSR count). The van der Waals surface area contributed by atoms with Gasteiger partial charge in [-0.2, -0.15) is 0 Å². The Kier molecular flexibility index (Phi) is 7.48. The minimum Gasteiger partial charge on any atom is -0.468 e. The van der Waals surface area contributed by atoms with E-state index in [0.717, 1.165) is 19.4 Å². The third kappa shape index (κ3) is 4.58. The Balaban J connectivity index is 4.72. The summed E-state index contributed by atoms with van der Waals surface area (Å²) in [6.07, 6.45) is 1.85. The molecule has 0 aliphatic carbocycles. The molecule has 0 amide bonds. The van der Waals surface area contributed by atoms with Gasteiger partial charge < -0.3 is 15.0 Å². The van der Waals surface area contributed by atoms with Crippen LogP contribution in [0.15, 0.2) is 0 Å². The SMILES string of the molecule is CCNC(C)(CC(C)N(C)C(C)CC)C(=O)OC. The lowest BCUT2D eigenvalue weighted by Gasteiger charge is -2.36. The molecule has 18 heavy (non-hydrogen) atoms. The second kappa shape index (κ2) is 7.74. The van der Waals surface area contributed by atoms with E-state index in [1.807, 2.05) is 13.8 Å². The van der Waals surface area contributed by atoms with E-state index in [-0.39, 0.29) is 5.97 Å². The van der Waals surface area contributed by atoms with Gasteiger partial charge in [-0.1, -0.05) is 13.8 Å². The number of nitrogens with zero attached hydrogens (tertiary/aromatic N) is 1. The van der Waals surface area contributed by atoms with Crippen molar-refractivity contribution in [2.24, 2.45) is 0 Å². The monoisotopic (exact) mass is 258 g/mol. The lowest BCUT2D eigenvalue weighted by Crippen LogP contribution is -2.54. The summed E-state index contributed by atoms with van der Waals surface area (Å²) in [4.78, 5) is 14.2. The Hall–Kier alpha value is -0.610. The van der Waals surface area contributed by atoms with Crippen molar-refractivity contribution in [1.29, 1.82) is 0 Å². The number of esters is 1. The maximum Gasteiger partial charge on any atom is 0.325 e. The molecular formula is C14H30N2O2. The van der Waals surface area contributed by atoms with Gasteiger partial charge in [0.15, 0.2) is 0 Å². The largest absolute Gasteiger partial charge is 0.468 e. The third-order valence-electron chi connectivity index (χ3n) is 3.89. The van der Waals surface area contributed by atoms with Crippen LogP contribution in [0.1, 0.15) is 47.5 Å². The third-order valence-corrected chi connectivity index (χ3v) is 3.89. The number of carbonyl (C=O) groups is 1. The van der Waals surface area contributed by atoms with Gasteiger partial charge in [0.2, 0.25) is 0 Å². The Labute approximate surface area is 112 Å². The molecule has 0 fully saturated rings. The molecule has 0 heterocycles. The van der Waals surface area contributed by atoms with Crippen molar-refractivity contribution >= 4 is 5.97 Å². The van der Waals surface area contributed by atoms with E-state index >= 15 is 0 Å². The molecule has 0 aromatic carbocycles. The van der Waals surface area contributed by atoms with Crippen molar-refractivity contribution in [2.75, 3.05) is 20.7 Å². The zero-order chi connectivity index (χ0) is 14.3. The van der Waals surface area contributed by atoms with E-state index in [9.17, 15) is 4.79 Å². The number of ether oxygens (including phenoxy) is 1. The second-order valence-corrected chi connectivity index (χ2v) is 5.33. The van der Waals surface area contributed by atoms with E-state index in [1.54, 1.807) is 0 Å². The first-order valence-corrected chi connectivity index (χ1v) is 6.87. The van der Waals surface area contributed by atoms with Gasteiger partial charge in [0.25, 0.3) is 0 Å². The maximum absolute atomic E-state index is 11.9. The number of rotatable bonds is 8. The highest BCUT2D eigenvalue weighted by atomic mass is 16.5. The van der Waals surface area contributed by atoms with Gasteiger partial charge in [0, 0.05) is 12.1 Å². The van der Waals surface area contributed by atoms with Gasteiger partial charge in [-0.15, -0.1) is 0 Å². The lowest BCUT2D eigenvalue weighted by molar-refractivity contribution is -0.148. The molecule has 0 spiro atoms. The van der Waals surface area contributed by atoms with Crippen LogP contribution >= 0.6 is 0 Å². The molecule has 0 aromatic heterocycles. The van der Waals surface area contributed by atoms with Crippen LogP contribution in [0.4, 0.5) is 0 Å². The van der Waals surface area contributed by atoms with Crippen LogP contribution in [0, 0.1) is 0 Å². The predicted octanol–water partition coefficient (Wildman–Crippen LogP) is 2.04. The van der Waals surface area contributed by atoms with Gasteiger partial charge >= 0.3 is 5.97 Å². The van der Waals surface area contributed by atoms with E-state index in [0.29, 0.717) is 12.1 Å². The Morgan fingerprint density at radius 1 is 1.33 bits per heavy atom. The minimum absolute atomic E-state index is 0.186. The molecule has 1 N–H and O–H groups in total. The molecule has 0 aliphatic heterocycles. The van der Waals surface area contributed by atoms with Crippen LogP contribution in [0.3, 0.4) is 0 Å². The van der Waals surface area contributed by atoms with Crippen molar-refractivity contribution < 1.29 is 9.53 Å². The van der Waals surface area contributed by atoms with Crippen molar-refractivity contribution in [2.45, 2.75) is 65.1 Å². The Morgan fingerprint density at radius 3 is 2.28 bits per heavy atom. The average Bonchev–Trinajstić information content (AvgIpc) is 2.35. The fourth-order valence-corrected chi connectivity index (χ4v) is 2.30. The molecule has 3 atom stereocenters. The summed E-state index contributed by atoms with van der Waals surface area (Å²) in [7, 11) is 3.56. The molecule has 4 nitrogen and oxygen atoms in total. The van der Waals surface area contributed by atoms with Gasteiger partial charge in [0.05, 0.1) is 7.11 Å². The quantitative estimate of drug-likeness (QED) is 0.677. The molecule has 108 valence electrons. The number of methoxy groups -OCH3 is 1. The van der Waals surface area contributed by atoms with E-state index in [4.69, 9.17) is 4.74 Å². The molecular weight excluding hydrogens is 228 g/mol. The average molecular weight is 258 g/mol. The fraction of sp³-hybridized carbons (Fsp3) is 0.929. The first kappa shape index (κ1) is 17.4. The highest BCUT2D eigenvalue weighted by Gasteiger charge is 2.36. The first-order chi connectivity index (χ1) is 8.32. The zero-order valence-corrected chi connectivity index (χ0v) is 13.0. The summed E-state index contributed by atoms with van der Waals surface area (Å²) in [5, 5.41) is 3.25. The molecule has 0 radical (unpaired) electrons. The number of nitrogens with one attached hydrogen (secondary N) is 1. The molecule has 0 bridgehead atoms. The fourth-order valence-electron chi connectivity index (χ4n) is 2.30. The summed E-state index contributed by atoms with van der Waals surface area (Å²) in [6, 6.07) is 0.839. The van der Waals surface area contributed by atoms with Crippen molar-refractivity contribution in [3.8, 4) is 0 Å². The first-order valence-electron chi connectivity index (χ1n) is 6.87. The number of carbonyl (C=O) groups excluding carboxylic acids is 1. The Morgan fingerprint density at radius 2 is 1.89 bits per heavy atom. The molecule has 0 saturated carbocycles. The van der Waals surface area contributed by atoms with Crippen LogP contribution in [-0.2, 0) is 9.53 Å². The zero-order valence-electron chi connectivity index (χ0n) is 13.0. The molecule has 0 aromatic rings. The van der Waals surface area contributed by atoms with Crippen LogP contribution in [-0.4, -0.2) is 49.2 Å². The van der Waals surface area contributed by atoms with E-state index < -0.39 is 5.54 Å². The van der Waals surface area contributed by atoms with Crippen LogP contribution in [0.2, 0.25) is 0 Å². The van der Waals surface area contributed by atoms with Crippen LogP contribution in [0.5, 0.6) is 0 Å². The highest BCUT2D eigenvalue weighted by molar-refractivity contribution is 5.80. The summed E-state index contributed by atoms with van der Waals surface area (Å²) >= 11 is 0. The van der Waals surface area contributed by atoms with Crippen LogP contribution in [0.25, 0.3) is 0 Å². The van der Waals surface area contributed by atoms with Crippen molar-refractivity contribution in [3.63, 3.8) is 0 Å². The van der Waals surface area contributed by atoms with Crippen LogP contribution < -0.4 is 5.32 Å². The summed E-state index contributed by atoms with van der Waals surface area (Å²) in [6.45, 7) is 11.2. The van der Waals surface area contributed by atoms with Gasteiger partial charge in [-0.3, -0.25) is 4.79 Å². The minimum atomic E-state index is -0.607. The normalized spacial score (nSPS) is 18.2. The standard InChI is InChI=1S/C14H30N2O2/c1-8-11(3)16(6)12(4)10-14(5,15-9-2)13(17)18-7/h11-12,15H,8-10H2,1-7H3. The molecule has 0 aliphatic rings. The number of hydrogen-bond donors (Lipinski definition) is 1. The Bertz CT molecular complexity index is 258. The smallest absolute Gasteiger partial charge is 0.325 e. The number of hydrogen-bond acceptors (Lipinski definition) is 4.